The molecule has 0 saturated carbocycles. The molecule has 1 aliphatic heterocycles. The van der Waals surface area contributed by atoms with Gasteiger partial charge < -0.3 is 15.7 Å². The third-order valence-electron chi connectivity index (χ3n) is 2.83. The molecule has 1 saturated heterocycles. The summed E-state index contributed by atoms with van der Waals surface area (Å²) in [4.78, 5) is 21.4. The minimum atomic E-state index is -0.980. The molecule has 1 heterocycles. The second-order valence-corrected chi connectivity index (χ2v) is 4.03. The van der Waals surface area contributed by atoms with Crippen molar-refractivity contribution in [2.24, 2.45) is 5.92 Å². The smallest absolute Gasteiger partial charge is 0.404 e. The Labute approximate surface area is 89.2 Å². The van der Waals surface area contributed by atoms with Crippen LogP contribution in [0.25, 0.3) is 0 Å². The molecule has 2 unspecified atom stereocenters. The fraction of sp³-hybridized carbons (Fsp3) is 0.800. The molecule has 0 aliphatic carbocycles. The molecule has 0 spiro atoms. The highest BCUT2D eigenvalue weighted by molar-refractivity contribution is 5.81. The Kier molecular flexibility index (Phi) is 4.55. The number of carbonyl (C=O) groups excluding carboxylic acids is 1. The maximum absolute atomic E-state index is 11.2. The van der Waals surface area contributed by atoms with E-state index in [9.17, 15) is 9.59 Å². The van der Waals surface area contributed by atoms with Gasteiger partial charge in [-0.25, -0.2) is 4.79 Å². The SMILES string of the molecule is CC(=O)C1CC(CCNC(=O)O)CCN1. The normalized spacial score (nSPS) is 25.9. The van der Waals surface area contributed by atoms with Crippen molar-refractivity contribution in [3.63, 3.8) is 0 Å². The summed E-state index contributed by atoms with van der Waals surface area (Å²) < 4.78 is 0. The number of amides is 1. The van der Waals surface area contributed by atoms with E-state index in [1.807, 2.05) is 0 Å². The van der Waals surface area contributed by atoms with Crippen LogP contribution in [0.2, 0.25) is 0 Å². The van der Waals surface area contributed by atoms with Crippen LogP contribution in [0.15, 0.2) is 0 Å². The third-order valence-corrected chi connectivity index (χ3v) is 2.83. The van der Waals surface area contributed by atoms with Gasteiger partial charge in [0, 0.05) is 6.54 Å². The van der Waals surface area contributed by atoms with E-state index in [-0.39, 0.29) is 11.8 Å². The fourth-order valence-corrected chi connectivity index (χ4v) is 1.95. The zero-order valence-corrected chi connectivity index (χ0v) is 8.95. The summed E-state index contributed by atoms with van der Waals surface area (Å²) in [6.07, 6.45) is 1.69. The van der Waals surface area contributed by atoms with E-state index in [4.69, 9.17) is 5.11 Å². The van der Waals surface area contributed by atoms with E-state index < -0.39 is 6.09 Å². The van der Waals surface area contributed by atoms with Gasteiger partial charge in [0.2, 0.25) is 0 Å². The summed E-state index contributed by atoms with van der Waals surface area (Å²) in [5.41, 5.74) is 0. The first-order valence-corrected chi connectivity index (χ1v) is 5.30. The first-order chi connectivity index (χ1) is 7.09. The van der Waals surface area contributed by atoms with Gasteiger partial charge in [-0.2, -0.15) is 0 Å². The Morgan fingerprint density at radius 2 is 2.27 bits per heavy atom. The number of carboxylic acid groups (broad SMARTS) is 1. The average molecular weight is 214 g/mol. The van der Waals surface area contributed by atoms with Crippen LogP contribution in [0.4, 0.5) is 4.79 Å². The predicted molar refractivity (Wildman–Crippen MR) is 55.8 cm³/mol. The molecule has 0 aromatic rings. The van der Waals surface area contributed by atoms with Crippen LogP contribution in [0.1, 0.15) is 26.2 Å². The summed E-state index contributed by atoms with van der Waals surface area (Å²) in [7, 11) is 0. The van der Waals surface area contributed by atoms with Gasteiger partial charge in [-0.1, -0.05) is 0 Å². The van der Waals surface area contributed by atoms with Crippen molar-refractivity contribution in [1.82, 2.24) is 10.6 Å². The van der Waals surface area contributed by atoms with E-state index in [2.05, 4.69) is 10.6 Å². The maximum atomic E-state index is 11.2. The average Bonchev–Trinajstić information content (AvgIpc) is 2.17. The van der Waals surface area contributed by atoms with E-state index in [0.717, 1.165) is 25.8 Å². The number of hydrogen-bond acceptors (Lipinski definition) is 3. The molecular formula is C10H18N2O3. The van der Waals surface area contributed by atoms with Gasteiger partial charge >= 0.3 is 6.09 Å². The number of Topliss-reactive ketones (excluding diaryl/α,β-unsaturated/α-hetero) is 1. The lowest BCUT2D eigenvalue weighted by Gasteiger charge is -2.28. The lowest BCUT2D eigenvalue weighted by Crippen LogP contribution is -2.43. The van der Waals surface area contributed by atoms with Crippen LogP contribution in [0, 0.1) is 5.92 Å². The molecule has 86 valence electrons. The topological polar surface area (TPSA) is 78.4 Å². The fourth-order valence-electron chi connectivity index (χ4n) is 1.95. The minimum absolute atomic E-state index is 0.0337. The molecule has 15 heavy (non-hydrogen) atoms. The highest BCUT2D eigenvalue weighted by atomic mass is 16.4. The quantitative estimate of drug-likeness (QED) is 0.640. The third kappa shape index (κ3) is 4.29. The van der Waals surface area contributed by atoms with Crippen molar-refractivity contribution >= 4 is 11.9 Å². The number of piperidine rings is 1. The lowest BCUT2D eigenvalue weighted by atomic mass is 9.88. The summed E-state index contributed by atoms with van der Waals surface area (Å²) >= 11 is 0. The predicted octanol–water partition coefficient (Wildman–Crippen LogP) is 0.601. The molecule has 1 amide bonds. The van der Waals surface area contributed by atoms with Crippen molar-refractivity contribution in [1.29, 1.82) is 0 Å². The first-order valence-electron chi connectivity index (χ1n) is 5.30. The Bertz CT molecular complexity index is 243. The number of ketones is 1. The van der Waals surface area contributed by atoms with Gasteiger partial charge in [-0.3, -0.25) is 4.79 Å². The Morgan fingerprint density at radius 1 is 1.53 bits per heavy atom. The summed E-state index contributed by atoms with van der Waals surface area (Å²) in [6.45, 7) is 2.92. The largest absolute Gasteiger partial charge is 0.465 e. The molecule has 0 aromatic heterocycles. The zero-order chi connectivity index (χ0) is 11.3. The number of rotatable bonds is 4. The second kappa shape index (κ2) is 5.70. The summed E-state index contributed by atoms with van der Waals surface area (Å²) in [5, 5.41) is 13.9. The molecular weight excluding hydrogens is 196 g/mol. The molecule has 5 heteroatoms. The van der Waals surface area contributed by atoms with Crippen LogP contribution in [-0.2, 0) is 4.79 Å². The van der Waals surface area contributed by atoms with Crippen molar-refractivity contribution in [2.75, 3.05) is 13.1 Å². The van der Waals surface area contributed by atoms with E-state index in [1.165, 1.54) is 0 Å². The standard InChI is InChI=1S/C10H18N2O3/c1-7(13)9-6-8(2-4-11-9)3-5-12-10(14)15/h8-9,11-12H,2-6H2,1H3,(H,14,15). The molecule has 1 fully saturated rings. The summed E-state index contributed by atoms with van der Waals surface area (Å²) in [6, 6.07) is -0.0337. The molecule has 0 aromatic carbocycles. The van der Waals surface area contributed by atoms with E-state index in [0.29, 0.717) is 12.5 Å². The maximum Gasteiger partial charge on any atom is 0.404 e. The second-order valence-electron chi connectivity index (χ2n) is 4.03. The molecule has 0 radical (unpaired) electrons. The Morgan fingerprint density at radius 3 is 2.87 bits per heavy atom. The van der Waals surface area contributed by atoms with Crippen molar-refractivity contribution in [2.45, 2.75) is 32.2 Å². The summed E-state index contributed by atoms with van der Waals surface area (Å²) in [5.74, 6) is 0.623. The first kappa shape index (κ1) is 12.0. The number of hydrogen-bond donors (Lipinski definition) is 3. The van der Waals surface area contributed by atoms with Crippen molar-refractivity contribution < 1.29 is 14.7 Å². The van der Waals surface area contributed by atoms with Crippen molar-refractivity contribution in [3.05, 3.63) is 0 Å². The Hall–Kier alpha value is -1.10. The lowest BCUT2D eigenvalue weighted by molar-refractivity contribution is -0.119. The highest BCUT2D eigenvalue weighted by Gasteiger charge is 2.23. The Balaban J connectivity index is 2.24. The zero-order valence-electron chi connectivity index (χ0n) is 8.95. The van der Waals surface area contributed by atoms with Crippen LogP contribution >= 0.6 is 0 Å². The van der Waals surface area contributed by atoms with Gasteiger partial charge in [-0.15, -0.1) is 0 Å². The van der Waals surface area contributed by atoms with Gasteiger partial charge in [0.25, 0.3) is 0 Å². The van der Waals surface area contributed by atoms with Gasteiger partial charge in [0.15, 0.2) is 0 Å². The van der Waals surface area contributed by atoms with Crippen molar-refractivity contribution in [3.8, 4) is 0 Å². The molecule has 1 aliphatic rings. The monoisotopic (exact) mass is 214 g/mol. The molecule has 1 rings (SSSR count). The van der Waals surface area contributed by atoms with Crippen LogP contribution in [0.3, 0.4) is 0 Å². The van der Waals surface area contributed by atoms with Gasteiger partial charge in [0.1, 0.15) is 5.78 Å². The number of carbonyl (C=O) groups is 2. The van der Waals surface area contributed by atoms with Gasteiger partial charge in [-0.05, 0) is 38.6 Å². The van der Waals surface area contributed by atoms with Crippen LogP contribution in [-0.4, -0.2) is 36.1 Å². The van der Waals surface area contributed by atoms with Gasteiger partial charge in [0.05, 0.1) is 6.04 Å². The molecule has 2 atom stereocenters. The molecule has 3 N–H and O–H groups in total. The number of nitrogens with one attached hydrogen (secondary N) is 2. The molecule has 0 bridgehead atoms. The molecule has 5 nitrogen and oxygen atoms in total. The van der Waals surface area contributed by atoms with E-state index >= 15 is 0 Å². The highest BCUT2D eigenvalue weighted by Crippen LogP contribution is 2.19. The van der Waals surface area contributed by atoms with E-state index in [1.54, 1.807) is 6.92 Å². The van der Waals surface area contributed by atoms with Crippen LogP contribution < -0.4 is 10.6 Å². The van der Waals surface area contributed by atoms with Crippen LogP contribution in [0.5, 0.6) is 0 Å². The minimum Gasteiger partial charge on any atom is -0.465 e.